The van der Waals surface area contributed by atoms with Crippen molar-refractivity contribution in [2.75, 3.05) is 31.1 Å². The summed E-state index contributed by atoms with van der Waals surface area (Å²) in [6, 6.07) is 7.12. The number of amides is 2. The van der Waals surface area contributed by atoms with Gasteiger partial charge in [0, 0.05) is 25.3 Å². The number of hydrogen-bond acceptors (Lipinski definition) is 3. The van der Waals surface area contributed by atoms with Crippen LogP contribution in [0.1, 0.15) is 30.1 Å². The molecular formula is C16H20N2O3. The highest BCUT2D eigenvalue weighted by Crippen LogP contribution is 2.31. The first-order valence-corrected chi connectivity index (χ1v) is 7.52. The van der Waals surface area contributed by atoms with E-state index in [1.165, 1.54) is 12.8 Å². The molecule has 1 heterocycles. The fourth-order valence-electron chi connectivity index (χ4n) is 2.60. The van der Waals surface area contributed by atoms with Crippen LogP contribution in [0.25, 0.3) is 0 Å². The molecule has 5 nitrogen and oxygen atoms in total. The number of benzene rings is 1. The number of hydrogen-bond donors (Lipinski definition) is 0. The molecule has 0 atom stereocenters. The van der Waals surface area contributed by atoms with Gasteiger partial charge in [0.25, 0.3) is 0 Å². The molecule has 0 spiro atoms. The molecule has 5 heteroatoms. The van der Waals surface area contributed by atoms with E-state index in [2.05, 4.69) is 0 Å². The van der Waals surface area contributed by atoms with E-state index in [4.69, 9.17) is 4.74 Å². The number of nitrogens with zero attached hydrogens (tertiary/aromatic N) is 2. The maximum atomic E-state index is 12.4. The Morgan fingerprint density at radius 3 is 2.57 bits per heavy atom. The monoisotopic (exact) mass is 288 g/mol. The molecule has 112 valence electrons. The summed E-state index contributed by atoms with van der Waals surface area (Å²) in [5.74, 6) is 0.382. The summed E-state index contributed by atoms with van der Waals surface area (Å²) in [7, 11) is 0. The zero-order valence-corrected chi connectivity index (χ0v) is 12.2. The average molecular weight is 288 g/mol. The van der Waals surface area contributed by atoms with Crippen LogP contribution in [-0.2, 0) is 4.74 Å². The van der Waals surface area contributed by atoms with Gasteiger partial charge in [-0.25, -0.2) is 9.59 Å². The molecular weight excluding hydrogens is 268 g/mol. The molecule has 3 rings (SSSR count). The van der Waals surface area contributed by atoms with Crippen molar-refractivity contribution in [2.45, 2.75) is 19.8 Å². The van der Waals surface area contributed by atoms with Crippen LogP contribution in [0.5, 0.6) is 0 Å². The molecule has 0 N–H and O–H groups in total. The highest BCUT2D eigenvalue weighted by Gasteiger charge is 2.33. The van der Waals surface area contributed by atoms with E-state index >= 15 is 0 Å². The predicted octanol–water partition coefficient (Wildman–Crippen LogP) is 2.52. The lowest BCUT2D eigenvalue weighted by Crippen LogP contribution is -2.33. The second-order valence-corrected chi connectivity index (χ2v) is 5.59. The third kappa shape index (κ3) is 3.01. The van der Waals surface area contributed by atoms with Crippen molar-refractivity contribution in [3.63, 3.8) is 0 Å². The average Bonchev–Trinajstić information content (AvgIpc) is 3.24. The van der Waals surface area contributed by atoms with Crippen LogP contribution >= 0.6 is 0 Å². The van der Waals surface area contributed by atoms with Crippen molar-refractivity contribution in [2.24, 2.45) is 5.92 Å². The molecule has 1 aliphatic heterocycles. The van der Waals surface area contributed by atoms with Gasteiger partial charge in [0.1, 0.15) is 0 Å². The number of anilines is 1. The molecule has 0 aromatic heterocycles. The largest absolute Gasteiger partial charge is 0.462 e. The van der Waals surface area contributed by atoms with E-state index in [9.17, 15) is 9.59 Å². The van der Waals surface area contributed by atoms with Crippen molar-refractivity contribution >= 4 is 17.7 Å². The number of esters is 1. The van der Waals surface area contributed by atoms with E-state index in [1.54, 1.807) is 24.0 Å². The predicted molar refractivity (Wildman–Crippen MR) is 79.4 cm³/mol. The van der Waals surface area contributed by atoms with Gasteiger partial charge in [-0.1, -0.05) is 0 Å². The van der Waals surface area contributed by atoms with Gasteiger partial charge < -0.3 is 9.64 Å². The Balaban J connectivity index is 1.66. The minimum absolute atomic E-state index is 0.0748. The van der Waals surface area contributed by atoms with E-state index < -0.39 is 0 Å². The molecule has 1 aliphatic carbocycles. The normalized spacial score (nSPS) is 18.2. The number of ether oxygens (including phenoxy) is 1. The first-order valence-electron chi connectivity index (χ1n) is 7.52. The Kier molecular flexibility index (Phi) is 3.82. The first-order chi connectivity index (χ1) is 10.2. The van der Waals surface area contributed by atoms with Gasteiger partial charge in [-0.15, -0.1) is 0 Å². The van der Waals surface area contributed by atoms with Crippen LogP contribution in [0.4, 0.5) is 10.5 Å². The summed E-state index contributed by atoms with van der Waals surface area (Å²) in [4.78, 5) is 27.7. The number of carbonyl (C=O) groups excluding carboxylic acids is 2. The Morgan fingerprint density at radius 1 is 1.24 bits per heavy atom. The van der Waals surface area contributed by atoms with Crippen LogP contribution in [0.3, 0.4) is 0 Å². The van der Waals surface area contributed by atoms with Crippen molar-refractivity contribution in [3.8, 4) is 0 Å². The standard InChI is InChI=1S/C16H20N2O3/c1-2-21-15(19)13-5-7-14(8-6-13)18-10-9-17(16(18)20)11-12-3-4-12/h5-8,12H,2-4,9-11H2,1H3. The Bertz CT molecular complexity index is 537. The number of carbonyl (C=O) groups is 2. The smallest absolute Gasteiger partial charge is 0.338 e. The molecule has 1 saturated heterocycles. The summed E-state index contributed by atoms with van der Waals surface area (Å²) in [5, 5.41) is 0. The highest BCUT2D eigenvalue weighted by atomic mass is 16.5. The molecule has 21 heavy (non-hydrogen) atoms. The first kappa shape index (κ1) is 13.9. The molecule has 1 saturated carbocycles. The molecule has 2 fully saturated rings. The molecule has 2 amide bonds. The molecule has 1 aromatic rings. The third-order valence-corrected chi connectivity index (χ3v) is 3.96. The van der Waals surface area contributed by atoms with E-state index in [1.807, 2.05) is 17.0 Å². The Labute approximate surface area is 124 Å². The quantitative estimate of drug-likeness (QED) is 0.782. The summed E-state index contributed by atoms with van der Waals surface area (Å²) in [6.45, 7) is 4.53. The van der Waals surface area contributed by atoms with Crippen molar-refractivity contribution in [3.05, 3.63) is 29.8 Å². The molecule has 2 aliphatic rings. The van der Waals surface area contributed by atoms with Crippen molar-refractivity contribution in [1.82, 2.24) is 4.90 Å². The van der Waals surface area contributed by atoms with Crippen LogP contribution < -0.4 is 4.90 Å². The fourth-order valence-corrected chi connectivity index (χ4v) is 2.60. The van der Waals surface area contributed by atoms with E-state index in [0.717, 1.165) is 18.8 Å². The SMILES string of the molecule is CCOC(=O)c1ccc(N2CCN(CC3CC3)C2=O)cc1. The second kappa shape index (κ2) is 5.76. The minimum Gasteiger partial charge on any atom is -0.462 e. The lowest BCUT2D eigenvalue weighted by Gasteiger charge is -2.18. The van der Waals surface area contributed by atoms with Crippen LogP contribution in [0.15, 0.2) is 24.3 Å². The lowest BCUT2D eigenvalue weighted by atomic mass is 10.2. The molecule has 0 bridgehead atoms. The number of urea groups is 1. The summed E-state index contributed by atoms with van der Waals surface area (Å²) in [5.41, 5.74) is 1.36. The lowest BCUT2D eigenvalue weighted by molar-refractivity contribution is 0.0526. The van der Waals surface area contributed by atoms with Gasteiger partial charge in [0.05, 0.1) is 12.2 Å². The van der Waals surface area contributed by atoms with Crippen LogP contribution in [0, 0.1) is 5.92 Å². The maximum Gasteiger partial charge on any atom is 0.338 e. The maximum absolute atomic E-state index is 12.4. The molecule has 0 unspecified atom stereocenters. The topological polar surface area (TPSA) is 49.9 Å². The van der Waals surface area contributed by atoms with Crippen molar-refractivity contribution in [1.29, 1.82) is 0 Å². The zero-order chi connectivity index (χ0) is 14.8. The molecule has 0 radical (unpaired) electrons. The van der Waals surface area contributed by atoms with E-state index in [-0.39, 0.29) is 12.0 Å². The Morgan fingerprint density at radius 2 is 1.95 bits per heavy atom. The third-order valence-electron chi connectivity index (χ3n) is 3.96. The zero-order valence-electron chi connectivity index (χ0n) is 12.2. The highest BCUT2D eigenvalue weighted by molar-refractivity contribution is 5.95. The van der Waals surface area contributed by atoms with E-state index in [0.29, 0.717) is 24.6 Å². The van der Waals surface area contributed by atoms with Gasteiger partial charge in [-0.2, -0.15) is 0 Å². The minimum atomic E-state index is -0.327. The van der Waals surface area contributed by atoms with Gasteiger partial charge in [0.2, 0.25) is 0 Å². The van der Waals surface area contributed by atoms with Crippen molar-refractivity contribution < 1.29 is 14.3 Å². The summed E-state index contributed by atoms with van der Waals surface area (Å²) in [6.07, 6.45) is 2.50. The van der Waals surface area contributed by atoms with Gasteiger partial charge in [-0.3, -0.25) is 4.90 Å². The van der Waals surface area contributed by atoms with Gasteiger partial charge in [0.15, 0.2) is 0 Å². The summed E-state index contributed by atoms with van der Waals surface area (Å²) >= 11 is 0. The molecule has 1 aromatic carbocycles. The number of rotatable bonds is 5. The Hall–Kier alpha value is -2.04. The summed E-state index contributed by atoms with van der Waals surface area (Å²) < 4.78 is 4.95. The fraction of sp³-hybridized carbons (Fsp3) is 0.500. The van der Waals surface area contributed by atoms with Crippen LogP contribution in [0.2, 0.25) is 0 Å². The van der Waals surface area contributed by atoms with Crippen LogP contribution in [-0.4, -0.2) is 43.1 Å². The van der Waals surface area contributed by atoms with Gasteiger partial charge in [-0.05, 0) is 49.9 Å². The second-order valence-electron chi connectivity index (χ2n) is 5.59. The van der Waals surface area contributed by atoms with Gasteiger partial charge >= 0.3 is 12.0 Å².